The van der Waals surface area contributed by atoms with Crippen molar-refractivity contribution in [3.63, 3.8) is 0 Å². The number of amides is 3. The Labute approximate surface area is 191 Å². The number of aliphatic hydroxyl groups is 1. The lowest BCUT2D eigenvalue weighted by Gasteiger charge is -2.24. The van der Waals surface area contributed by atoms with E-state index in [4.69, 9.17) is 27.4 Å². The zero-order chi connectivity index (χ0) is 25.4. The average molecular weight is 477 g/mol. The van der Waals surface area contributed by atoms with Crippen LogP contribution in [0.4, 0.5) is 0 Å². The smallest absolute Gasteiger partial charge is 0.326 e. The minimum atomic E-state index is -1.57. The summed E-state index contributed by atoms with van der Waals surface area (Å²) in [7, 11) is 0. The van der Waals surface area contributed by atoms with Gasteiger partial charge in [0.05, 0.1) is 13.0 Å². The Balaban J connectivity index is 5.43. The summed E-state index contributed by atoms with van der Waals surface area (Å²) in [5.74, 6) is -5.34. The summed E-state index contributed by atoms with van der Waals surface area (Å²) in [5.41, 5.74) is 16.2. The van der Waals surface area contributed by atoms with Crippen molar-refractivity contribution in [3.05, 3.63) is 0 Å². The van der Waals surface area contributed by atoms with Gasteiger partial charge in [-0.1, -0.05) is 0 Å². The first-order valence-corrected chi connectivity index (χ1v) is 10.7. The largest absolute Gasteiger partial charge is 0.481 e. The molecule has 0 fully saturated rings. The molecule has 0 aromatic heterocycles. The molecule has 0 aliphatic heterocycles. The van der Waals surface area contributed by atoms with Crippen LogP contribution in [0.3, 0.4) is 0 Å². The first kappa shape index (κ1) is 30.2. The molecule has 3 amide bonds. The number of rotatable bonds is 18. The third kappa shape index (κ3) is 12.7. The summed E-state index contributed by atoms with van der Waals surface area (Å²) in [6.45, 7) is -0.0252. The molecule has 0 rings (SSSR count). The summed E-state index contributed by atoms with van der Waals surface area (Å²) in [6, 6.07) is -5.34. The number of carbonyl (C=O) groups is 5. The third-order valence-electron chi connectivity index (χ3n) is 4.69. The van der Waals surface area contributed by atoms with E-state index in [2.05, 4.69) is 16.0 Å². The minimum absolute atomic E-state index is 0.105. The molecule has 0 bridgehead atoms. The molecule has 0 radical (unpaired) electrons. The molecule has 0 aliphatic carbocycles. The van der Waals surface area contributed by atoms with E-state index in [9.17, 15) is 29.1 Å². The van der Waals surface area contributed by atoms with Crippen LogP contribution in [0.15, 0.2) is 0 Å². The van der Waals surface area contributed by atoms with Gasteiger partial charge in [0, 0.05) is 0 Å². The Hall–Kier alpha value is -2.81. The van der Waals surface area contributed by atoms with E-state index in [0.29, 0.717) is 38.8 Å². The van der Waals surface area contributed by atoms with Crippen LogP contribution in [0, 0.1) is 0 Å². The van der Waals surface area contributed by atoms with Crippen molar-refractivity contribution >= 4 is 29.7 Å². The monoisotopic (exact) mass is 476 g/mol. The van der Waals surface area contributed by atoms with Crippen LogP contribution in [0.2, 0.25) is 0 Å². The molecule has 14 heteroatoms. The Morgan fingerprint density at radius 3 is 1.61 bits per heavy atom. The molecular formula is C19H36N6O8. The van der Waals surface area contributed by atoms with Crippen molar-refractivity contribution in [1.29, 1.82) is 0 Å². The molecule has 0 heterocycles. The van der Waals surface area contributed by atoms with E-state index >= 15 is 0 Å². The topological polar surface area (TPSA) is 260 Å². The van der Waals surface area contributed by atoms with Gasteiger partial charge in [0.15, 0.2) is 0 Å². The quantitative estimate of drug-likeness (QED) is 0.0879. The van der Waals surface area contributed by atoms with Gasteiger partial charge in [-0.3, -0.25) is 19.2 Å². The van der Waals surface area contributed by atoms with Gasteiger partial charge < -0.3 is 48.5 Å². The van der Waals surface area contributed by atoms with Gasteiger partial charge >= 0.3 is 11.9 Å². The van der Waals surface area contributed by atoms with Crippen molar-refractivity contribution in [2.45, 2.75) is 69.1 Å². The fourth-order valence-corrected chi connectivity index (χ4v) is 2.80. The number of hydrogen-bond acceptors (Lipinski definition) is 9. The second kappa shape index (κ2) is 16.8. The van der Waals surface area contributed by atoms with Crippen molar-refractivity contribution in [3.8, 4) is 0 Å². The Morgan fingerprint density at radius 1 is 0.697 bits per heavy atom. The molecule has 0 aromatic carbocycles. The molecule has 0 aromatic rings. The van der Waals surface area contributed by atoms with Crippen LogP contribution >= 0.6 is 0 Å². The summed E-state index contributed by atoms with van der Waals surface area (Å²) in [4.78, 5) is 59.9. The van der Waals surface area contributed by atoms with E-state index in [1.54, 1.807) is 0 Å². The number of nitrogens with one attached hydrogen (secondary N) is 3. The maximum absolute atomic E-state index is 12.7. The molecule has 0 unspecified atom stereocenters. The van der Waals surface area contributed by atoms with Gasteiger partial charge in [-0.15, -0.1) is 0 Å². The average Bonchev–Trinajstić information content (AvgIpc) is 2.76. The summed E-state index contributed by atoms with van der Waals surface area (Å²) in [5, 5.41) is 34.3. The highest BCUT2D eigenvalue weighted by Crippen LogP contribution is 2.06. The first-order valence-electron chi connectivity index (χ1n) is 10.7. The molecule has 190 valence electrons. The lowest BCUT2D eigenvalue weighted by atomic mass is 10.0. The van der Waals surface area contributed by atoms with Crippen molar-refractivity contribution in [1.82, 2.24) is 16.0 Å². The van der Waals surface area contributed by atoms with Gasteiger partial charge in [0.2, 0.25) is 17.7 Å². The Bertz CT molecular complexity index is 662. The van der Waals surface area contributed by atoms with Gasteiger partial charge in [0.25, 0.3) is 0 Å². The van der Waals surface area contributed by atoms with Crippen LogP contribution in [0.25, 0.3) is 0 Å². The zero-order valence-electron chi connectivity index (χ0n) is 18.5. The molecule has 0 saturated heterocycles. The summed E-state index contributed by atoms with van der Waals surface area (Å²) >= 11 is 0. The molecule has 4 atom stereocenters. The second-order valence-corrected chi connectivity index (χ2v) is 7.48. The number of carbonyl (C=O) groups excluding carboxylic acids is 3. The highest BCUT2D eigenvalue weighted by atomic mass is 16.4. The first-order chi connectivity index (χ1) is 15.6. The minimum Gasteiger partial charge on any atom is -0.481 e. The van der Waals surface area contributed by atoms with Crippen molar-refractivity contribution in [2.24, 2.45) is 17.2 Å². The van der Waals surface area contributed by atoms with Gasteiger partial charge in [-0.05, 0) is 51.6 Å². The fraction of sp³-hybridized carbons (Fsp3) is 0.737. The maximum Gasteiger partial charge on any atom is 0.326 e. The van der Waals surface area contributed by atoms with Gasteiger partial charge in [-0.25, -0.2) is 4.79 Å². The number of carboxylic acid groups (broad SMARTS) is 2. The van der Waals surface area contributed by atoms with E-state index in [-0.39, 0.29) is 12.8 Å². The Kier molecular flexibility index (Phi) is 15.3. The van der Waals surface area contributed by atoms with E-state index in [1.165, 1.54) is 0 Å². The van der Waals surface area contributed by atoms with E-state index in [0.717, 1.165) is 0 Å². The predicted molar refractivity (Wildman–Crippen MR) is 117 cm³/mol. The number of unbranched alkanes of at least 4 members (excludes halogenated alkanes) is 2. The highest BCUT2D eigenvalue weighted by molar-refractivity contribution is 5.95. The summed E-state index contributed by atoms with van der Waals surface area (Å²) < 4.78 is 0. The lowest BCUT2D eigenvalue weighted by molar-refractivity contribution is -0.143. The molecule has 0 saturated carbocycles. The van der Waals surface area contributed by atoms with Gasteiger partial charge in [0.1, 0.15) is 24.2 Å². The van der Waals surface area contributed by atoms with E-state index < -0.39 is 66.9 Å². The zero-order valence-corrected chi connectivity index (χ0v) is 18.5. The molecule has 14 nitrogen and oxygen atoms in total. The SMILES string of the molecule is NCCCC[C@H](NC(=O)[C@H](CCCCN)NC(=O)[C@H](CC(=O)O)NC(=O)[C@@H](N)CO)C(=O)O. The standard InChI is InChI=1S/C19H36N6O8/c20-7-3-1-5-12(17(30)24-13(19(32)33)6-2-4-8-21)23-18(31)14(9-15(27)28)25-16(29)11(22)10-26/h11-14,26H,1-10,20-22H2,(H,23,31)(H,24,30)(H,25,29)(H,27,28)(H,32,33)/t11-,12-,13-,14-/m0/s1. The molecule has 12 N–H and O–H groups in total. The van der Waals surface area contributed by atoms with Crippen molar-refractivity contribution in [2.75, 3.05) is 19.7 Å². The third-order valence-corrected chi connectivity index (χ3v) is 4.69. The molecule has 33 heavy (non-hydrogen) atoms. The van der Waals surface area contributed by atoms with Crippen LogP contribution in [0.1, 0.15) is 44.9 Å². The second-order valence-electron chi connectivity index (χ2n) is 7.48. The lowest BCUT2D eigenvalue weighted by Crippen LogP contribution is -2.57. The maximum atomic E-state index is 12.7. The molecule has 0 spiro atoms. The predicted octanol–water partition coefficient (Wildman–Crippen LogP) is -3.42. The number of nitrogens with two attached hydrogens (primary N) is 3. The highest BCUT2D eigenvalue weighted by Gasteiger charge is 2.31. The number of aliphatic carboxylic acids is 2. The number of aliphatic hydroxyl groups excluding tert-OH is 1. The van der Waals surface area contributed by atoms with Crippen molar-refractivity contribution < 1.29 is 39.3 Å². The van der Waals surface area contributed by atoms with Crippen LogP contribution in [0.5, 0.6) is 0 Å². The Morgan fingerprint density at radius 2 is 1.15 bits per heavy atom. The molecule has 0 aliphatic rings. The van der Waals surface area contributed by atoms with E-state index in [1.807, 2.05) is 0 Å². The van der Waals surface area contributed by atoms with Crippen LogP contribution in [-0.4, -0.2) is 88.8 Å². The summed E-state index contributed by atoms with van der Waals surface area (Å²) in [6.07, 6.45) is 1.43. The molecular weight excluding hydrogens is 440 g/mol. The number of hydrogen-bond donors (Lipinski definition) is 9. The fourth-order valence-electron chi connectivity index (χ4n) is 2.80. The number of carboxylic acids is 2. The van der Waals surface area contributed by atoms with Crippen LogP contribution < -0.4 is 33.2 Å². The van der Waals surface area contributed by atoms with Crippen LogP contribution in [-0.2, 0) is 24.0 Å². The normalized spacial score (nSPS) is 14.4. The van der Waals surface area contributed by atoms with Gasteiger partial charge in [-0.2, -0.15) is 0 Å².